The van der Waals surface area contributed by atoms with Gasteiger partial charge in [-0.25, -0.2) is 4.98 Å². The van der Waals surface area contributed by atoms with Crippen molar-refractivity contribution < 1.29 is 9.59 Å². The van der Waals surface area contributed by atoms with E-state index in [1.54, 1.807) is 0 Å². The Kier molecular flexibility index (Phi) is 7.69. The molecule has 5 nitrogen and oxygen atoms in total. The van der Waals surface area contributed by atoms with Gasteiger partial charge in [-0.15, -0.1) is 11.3 Å². The molecule has 0 unspecified atom stereocenters. The van der Waals surface area contributed by atoms with Gasteiger partial charge in [-0.05, 0) is 50.3 Å². The monoisotopic (exact) mass is 495 g/mol. The number of carbonyl (C=O) groups excluding carboxylic acids is 2. The van der Waals surface area contributed by atoms with Crippen molar-refractivity contribution in [2.24, 2.45) is 11.8 Å². The van der Waals surface area contributed by atoms with Crippen LogP contribution in [0.25, 0.3) is 10.6 Å². The summed E-state index contributed by atoms with van der Waals surface area (Å²) in [6.45, 7) is 7.76. The van der Waals surface area contributed by atoms with Crippen LogP contribution < -0.4 is 5.32 Å². The third-order valence-electron chi connectivity index (χ3n) is 6.62. The van der Waals surface area contributed by atoms with Gasteiger partial charge in [0.25, 0.3) is 5.91 Å². The summed E-state index contributed by atoms with van der Waals surface area (Å²) in [5.41, 5.74) is 4.04. The molecule has 1 saturated heterocycles. The van der Waals surface area contributed by atoms with E-state index in [-0.39, 0.29) is 23.7 Å². The zero-order valence-electron chi connectivity index (χ0n) is 19.8. The second-order valence-electron chi connectivity index (χ2n) is 9.06. The number of nitrogens with zero attached hydrogens (tertiary/aromatic N) is 2. The van der Waals surface area contributed by atoms with Crippen molar-refractivity contribution in [3.63, 3.8) is 0 Å². The lowest BCUT2D eigenvalue weighted by Crippen LogP contribution is -2.42. The third-order valence-corrected chi connectivity index (χ3v) is 8.06. The van der Waals surface area contributed by atoms with Gasteiger partial charge in [-0.1, -0.05) is 60.5 Å². The number of nitrogens with one attached hydrogen (secondary N) is 1. The Balaban J connectivity index is 1.31. The minimum Gasteiger partial charge on any atom is -0.352 e. The number of hydrogen-bond acceptors (Lipinski definition) is 4. The molecule has 2 heterocycles. The first-order chi connectivity index (χ1) is 16.3. The highest BCUT2D eigenvalue weighted by atomic mass is 35.5. The summed E-state index contributed by atoms with van der Waals surface area (Å²) in [5.74, 6) is 0.273. The summed E-state index contributed by atoms with van der Waals surface area (Å²) >= 11 is 7.39. The second kappa shape index (κ2) is 10.7. The highest BCUT2D eigenvalue weighted by molar-refractivity contribution is 7.17. The molecule has 2 aromatic carbocycles. The maximum atomic E-state index is 13.2. The van der Waals surface area contributed by atoms with Crippen molar-refractivity contribution >= 4 is 34.8 Å². The Morgan fingerprint density at radius 2 is 1.74 bits per heavy atom. The number of amides is 2. The number of piperidine rings is 1. The number of benzene rings is 2. The van der Waals surface area contributed by atoms with E-state index in [1.165, 1.54) is 16.9 Å². The first-order valence-corrected chi connectivity index (χ1v) is 12.9. The normalized spacial score (nSPS) is 15.2. The van der Waals surface area contributed by atoms with Crippen LogP contribution in [0.3, 0.4) is 0 Å². The average molecular weight is 496 g/mol. The molecule has 0 spiro atoms. The van der Waals surface area contributed by atoms with Crippen LogP contribution in [0.1, 0.15) is 46.3 Å². The van der Waals surface area contributed by atoms with E-state index < -0.39 is 0 Å². The molecule has 178 valence electrons. The molecule has 1 N–H and O–H groups in total. The standard InChI is InChI=1S/C27H30ClN3O2S/c1-17-4-8-22(9-5-17)26-30-19(3)24(34-26)27(33)31-14-12-21(13-15-31)18(2)25(32)29-16-20-6-10-23(28)11-7-20/h4-11,18,21H,12-16H2,1-3H3,(H,29,32)/t18-/m1/s1. The lowest BCUT2D eigenvalue weighted by atomic mass is 9.84. The highest BCUT2D eigenvalue weighted by Crippen LogP contribution is 2.31. The van der Waals surface area contributed by atoms with Crippen molar-refractivity contribution in [2.45, 2.75) is 40.2 Å². The first-order valence-electron chi connectivity index (χ1n) is 11.7. The highest BCUT2D eigenvalue weighted by Gasteiger charge is 2.31. The average Bonchev–Trinajstić information content (AvgIpc) is 3.24. The van der Waals surface area contributed by atoms with E-state index in [1.807, 2.05) is 55.1 Å². The number of hydrogen-bond donors (Lipinski definition) is 1. The Morgan fingerprint density at radius 1 is 1.09 bits per heavy atom. The molecule has 1 aliphatic rings. The van der Waals surface area contributed by atoms with E-state index in [9.17, 15) is 9.59 Å². The van der Waals surface area contributed by atoms with Crippen LogP contribution in [0, 0.1) is 25.7 Å². The van der Waals surface area contributed by atoms with Crippen LogP contribution in [0.15, 0.2) is 48.5 Å². The molecule has 2 amide bonds. The van der Waals surface area contributed by atoms with Crippen molar-refractivity contribution in [2.75, 3.05) is 13.1 Å². The number of rotatable bonds is 6. The van der Waals surface area contributed by atoms with Crippen LogP contribution in [0.2, 0.25) is 5.02 Å². The molecule has 0 bridgehead atoms. The van der Waals surface area contributed by atoms with Crippen molar-refractivity contribution in [1.82, 2.24) is 15.2 Å². The number of thiazole rings is 1. The number of likely N-dealkylation sites (tertiary alicyclic amines) is 1. The molecular weight excluding hydrogens is 466 g/mol. The summed E-state index contributed by atoms with van der Waals surface area (Å²) < 4.78 is 0. The molecular formula is C27H30ClN3O2S. The topological polar surface area (TPSA) is 62.3 Å². The quantitative estimate of drug-likeness (QED) is 0.464. The minimum atomic E-state index is -0.0946. The molecule has 4 rings (SSSR count). The largest absolute Gasteiger partial charge is 0.352 e. The zero-order valence-corrected chi connectivity index (χ0v) is 21.4. The van der Waals surface area contributed by atoms with Crippen LogP contribution in [-0.4, -0.2) is 34.8 Å². The summed E-state index contributed by atoms with van der Waals surface area (Å²) in [4.78, 5) is 33.2. The fraction of sp³-hybridized carbons (Fsp3) is 0.370. The molecule has 1 fully saturated rings. The van der Waals surface area contributed by atoms with Gasteiger partial charge >= 0.3 is 0 Å². The van der Waals surface area contributed by atoms with Gasteiger partial charge in [0.1, 0.15) is 9.88 Å². The molecule has 7 heteroatoms. The van der Waals surface area contributed by atoms with Crippen molar-refractivity contribution in [1.29, 1.82) is 0 Å². The fourth-order valence-corrected chi connectivity index (χ4v) is 5.49. The van der Waals surface area contributed by atoms with Gasteiger partial charge in [-0.2, -0.15) is 0 Å². The molecule has 1 atom stereocenters. The Bertz CT molecular complexity index is 1150. The van der Waals surface area contributed by atoms with Crippen LogP contribution in [-0.2, 0) is 11.3 Å². The van der Waals surface area contributed by atoms with Crippen molar-refractivity contribution in [3.05, 3.63) is 75.3 Å². The van der Waals surface area contributed by atoms with Gasteiger partial charge in [-0.3, -0.25) is 9.59 Å². The van der Waals surface area contributed by atoms with Gasteiger partial charge in [0.2, 0.25) is 5.91 Å². The molecule has 0 aliphatic carbocycles. The van der Waals surface area contributed by atoms with Crippen LogP contribution in [0.4, 0.5) is 0 Å². The predicted molar refractivity (Wildman–Crippen MR) is 138 cm³/mol. The Labute approximate surface area is 210 Å². The molecule has 1 aliphatic heterocycles. The van der Waals surface area contributed by atoms with E-state index >= 15 is 0 Å². The van der Waals surface area contributed by atoms with Gasteiger partial charge < -0.3 is 10.2 Å². The third kappa shape index (κ3) is 5.68. The maximum absolute atomic E-state index is 13.2. The Morgan fingerprint density at radius 3 is 2.38 bits per heavy atom. The zero-order chi connectivity index (χ0) is 24.2. The van der Waals surface area contributed by atoms with E-state index in [2.05, 4.69) is 29.4 Å². The second-order valence-corrected chi connectivity index (χ2v) is 10.5. The minimum absolute atomic E-state index is 0.0478. The molecule has 3 aromatic rings. The molecule has 0 saturated carbocycles. The first kappa shape index (κ1) is 24.4. The SMILES string of the molecule is Cc1ccc(-c2nc(C)c(C(=O)N3CCC([C@@H](C)C(=O)NCc4ccc(Cl)cc4)CC3)s2)cc1. The van der Waals surface area contributed by atoms with Gasteiger partial charge in [0.05, 0.1) is 5.69 Å². The van der Waals surface area contributed by atoms with Crippen LogP contribution in [0.5, 0.6) is 0 Å². The lowest BCUT2D eigenvalue weighted by molar-refractivity contribution is -0.126. The Hall–Kier alpha value is -2.70. The van der Waals surface area contributed by atoms with Crippen LogP contribution >= 0.6 is 22.9 Å². The summed E-state index contributed by atoms with van der Waals surface area (Å²) in [7, 11) is 0. The van der Waals surface area contributed by atoms with Gasteiger partial charge in [0.15, 0.2) is 0 Å². The predicted octanol–water partition coefficient (Wildman–Crippen LogP) is 5.89. The lowest BCUT2D eigenvalue weighted by Gasteiger charge is -2.34. The van der Waals surface area contributed by atoms with Crippen molar-refractivity contribution in [3.8, 4) is 10.6 Å². The van der Waals surface area contributed by atoms with E-state index in [0.717, 1.165) is 34.7 Å². The summed E-state index contributed by atoms with van der Waals surface area (Å²) in [6.07, 6.45) is 1.65. The number of aromatic nitrogens is 1. The summed E-state index contributed by atoms with van der Waals surface area (Å²) in [6, 6.07) is 15.7. The summed E-state index contributed by atoms with van der Waals surface area (Å²) in [5, 5.41) is 4.60. The smallest absolute Gasteiger partial charge is 0.265 e. The van der Waals surface area contributed by atoms with E-state index in [4.69, 9.17) is 11.6 Å². The molecule has 34 heavy (non-hydrogen) atoms. The molecule has 0 radical (unpaired) electrons. The number of halogens is 1. The number of carbonyl (C=O) groups is 2. The fourth-order valence-electron chi connectivity index (χ4n) is 4.33. The maximum Gasteiger partial charge on any atom is 0.265 e. The van der Waals surface area contributed by atoms with E-state index in [0.29, 0.717) is 29.5 Å². The number of aryl methyl sites for hydroxylation is 2. The molecule has 1 aromatic heterocycles. The van der Waals surface area contributed by atoms with Gasteiger partial charge in [0, 0.05) is 36.1 Å².